The Morgan fingerprint density at radius 1 is 1.20 bits per heavy atom. The van der Waals surface area contributed by atoms with Crippen molar-refractivity contribution in [2.75, 3.05) is 19.8 Å². The third-order valence-corrected chi connectivity index (χ3v) is 10.3. The number of nitrogens with one attached hydrogen (secondary N) is 1. The standard InChI is InChI=1S/C36H61NO4/c1-8-40-28(4)24-34(38)37-22-11-23-41-31-17-14-26(2)30(25-31)16-15-29-13-10-21-36(7)32(18-19-33(29)36)27(3)12-9-20-35(5,6)39/h15-16,27-28,31-33,39H,2,8-14,17-25H2,1,3-7H3,(H,37,38)/b29-15+,30-16-/t27-,28?,31+,32-,33+,36-/m1/s1. The smallest absolute Gasteiger partial charge is 0.222 e. The molecule has 2 N–H and O–H groups in total. The number of ether oxygens (including phenoxy) is 2. The van der Waals surface area contributed by atoms with Crippen LogP contribution in [0.25, 0.3) is 0 Å². The molecule has 0 saturated heterocycles. The first-order valence-corrected chi connectivity index (χ1v) is 16.7. The first-order valence-electron chi connectivity index (χ1n) is 16.7. The maximum atomic E-state index is 12.0. The average Bonchev–Trinajstić information content (AvgIpc) is 3.25. The van der Waals surface area contributed by atoms with Crippen molar-refractivity contribution in [1.29, 1.82) is 0 Å². The number of carbonyl (C=O) groups is 1. The molecule has 3 rings (SSSR count). The fraction of sp³-hybridized carbons (Fsp3) is 0.806. The highest BCUT2D eigenvalue weighted by Gasteiger charge is 2.50. The largest absolute Gasteiger partial charge is 0.390 e. The summed E-state index contributed by atoms with van der Waals surface area (Å²) < 4.78 is 11.7. The molecule has 0 aromatic rings. The van der Waals surface area contributed by atoms with Crippen LogP contribution < -0.4 is 5.32 Å². The van der Waals surface area contributed by atoms with Crippen molar-refractivity contribution in [1.82, 2.24) is 5.32 Å². The molecule has 0 aromatic heterocycles. The van der Waals surface area contributed by atoms with Crippen LogP contribution in [0, 0.1) is 23.2 Å². The van der Waals surface area contributed by atoms with Gasteiger partial charge in [-0.05, 0) is 121 Å². The topological polar surface area (TPSA) is 67.8 Å². The zero-order valence-electron chi connectivity index (χ0n) is 27.2. The molecule has 3 fully saturated rings. The van der Waals surface area contributed by atoms with E-state index in [4.69, 9.17) is 9.47 Å². The van der Waals surface area contributed by atoms with Gasteiger partial charge in [0.15, 0.2) is 0 Å². The van der Waals surface area contributed by atoms with Crippen molar-refractivity contribution in [3.63, 3.8) is 0 Å². The second-order valence-electron chi connectivity index (χ2n) is 14.2. The molecule has 3 aliphatic rings. The number of rotatable bonds is 15. The van der Waals surface area contributed by atoms with Crippen LogP contribution in [-0.2, 0) is 14.3 Å². The van der Waals surface area contributed by atoms with Crippen LogP contribution in [0.2, 0.25) is 0 Å². The van der Waals surface area contributed by atoms with Crippen LogP contribution in [0.15, 0.2) is 35.5 Å². The van der Waals surface area contributed by atoms with Crippen molar-refractivity contribution in [2.24, 2.45) is 23.2 Å². The Balaban J connectivity index is 1.49. The highest BCUT2D eigenvalue weighted by atomic mass is 16.5. The molecule has 0 heterocycles. The van der Waals surface area contributed by atoms with E-state index >= 15 is 0 Å². The van der Waals surface area contributed by atoms with Gasteiger partial charge < -0.3 is 19.9 Å². The summed E-state index contributed by atoms with van der Waals surface area (Å²) in [5.74, 6) is 2.25. The average molecular weight is 572 g/mol. The molecule has 0 radical (unpaired) electrons. The van der Waals surface area contributed by atoms with E-state index in [9.17, 15) is 9.90 Å². The highest BCUT2D eigenvalue weighted by Crippen LogP contribution is 2.60. The summed E-state index contributed by atoms with van der Waals surface area (Å²) in [7, 11) is 0. The number of fused-ring (bicyclic) bond motifs is 1. The van der Waals surface area contributed by atoms with Gasteiger partial charge in [-0.3, -0.25) is 4.79 Å². The zero-order chi connectivity index (χ0) is 30.0. The molecule has 234 valence electrons. The lowest BCUT2D eigenvalue weighted by Crippen LogP contribution is -2.36. The summed E-state index contributed by atoms with van der Waals surface area (Å²) >= 11 is 0. The molecule has 3 saturated carbocycles. The molecule has 5 heteroatoms. The number of aliphatic hydroxyl groups is 1. The Morgan fingerprint density at radius 2 is 1.98 bits per heavy atom. The Labute approximate surface area is 251 Å². The summed E-state index contributed by atoms with van der Waals surface area (Å²) in [6, 6.07) is 0. The molecule has 0 bridgehead atoms. The van der Waals surface area contributed by atoms with Crippen LogP contribution in [0.3, 0.4) is 0 Å². The summed E-state index contributed by atoms with van der Waals surface area (Å²) in [6.07, 6.45) is 19.0. The fourth-order valence-corrected chi connectivity index (χ4v) is 8.02. The Bertz CT molecular complexity index is 915. The molecule has 0 aliphatic heterocycles. The molecule has 3 aliphatic carbocycles. The maximum Gasteiger partial charge on any atom is 0.222 e. The van der Waals surface area contributed by atoms with Gasteiger partial charge in [0.1, 0.15) is 0 Å². The van der Waals surface area contributed by atoms with Gasteiger partial charge in [-0.15, -0.1) is 0 Å². The first-order chi connectivity index (χ1) is 19.4. The SMILES string of the molecule is C=C1CC[C@H](OCCCNC(=O)CC(C)OCC)C/C1=C/C=C1\CCC[C@]2(C)[C@@H]([C@H](C)CCCC(C)(C)O)CC[C@@H]12. The second kappa shape index (κ2) is 15.9. The second-order valence-corrected chi connectivity index (χ2v) is 14.2. The number of amides is 1. The van der Waals surface area contributed by atoms with Crippen LogP contribution in [0.5, 0.6) is 0 Å². The van der Waals surface area contributed by atoms with Crippen LogP contribution in [0.4, 0.5) is 0 Å². The number of allylic oxidation sites excluding steroid dienone is 4. The van der Waals surface area contributed by atoms with Crippen molar-refractivity contribution in [3.05, 3.63) is 35.5 Å². The third kappa shape index (κ3) is 10.4. The summed E-state index contributed by atoms with van der Waals surface area (Å²) in [5.41, 5.74) is 4.13. The van der Waals surface area contributed by atoms with E-state index in [1.807, 2.05) is 27.7 Å². The summed E-state index contributed by atoms with van der Waals surface area (Å²) in [5, 5.41) is 13.1. The van der Waals surface area contributed by atoms with Crippen molar-refractivity contribution in [3.8, 4) is 0 Å². The van der Waals surface area contributed by atoms with Crippen molar-refractivity contribution in [2.45, 2.75) is 143 Å². The molecule has 1 amide bonds. The molecular weight excluding hydrogens is 510 g/mol. The number of hydrogen-bond acceptors (Lipinski definition) is 4. The first kappa shape index (κ1) is 34.1. The molecule has 6 atom stereocenters. The lowest BCUT2D eigenvalue weighted by Gasteiger charge is -2.44. The monoisotopic (exact) mass is 571 g/mol. The summed E-state index contributed by atoms with van der Waals surface area (Å²) in [4.78, 5) is 12.0. The fourth-order valence-electron chi connectivity index (χ4n) is 8.02. The Kier molecular flexibility index (Phi) is 13.2. The van der Waals surface area contributed by atoms with Gasteiger partial charge in [-0.2, -0.15) is 0 Å². The van der Waals surface area contributed by atoms with Gasteiger partial charge in [0.05, 0.1) is 24.2 Å². The summed E-state index contributed by atoms with van der Waals surface area (Å²) in [6.45, 7) is 19.1. The van der Waals surface area contributed by atoms with Gasteiger partial charge >= 0.3 is 0 Å². The lowest BCUT2D eigenvalue weighted by molar-refractivity contribution is -0.123. The quantitative estimate of drug-likeness (QED) is 0.195. The van der Waals surface area contributed by atoms with Gasteiger partial charge in [0.2, 0.25) is 5.91 Å². The van der Waals surface area contributed by atoms with E-state index in [0.717, 1.165) is 44.4 Å². The normalized spacial score (nSPS) is 30.4. The van der Waals surface area contributed by atoms with Gasteiger partial charge in [-0.1, -0.05) is 56.6 Å². The Hall–Kier alpha value is -1.43. The lowest BCUT2D eigenvalue weighted by atomic mass is 9.60. The van der Waals surface area contributed by atoms with Crippen LogP contribution in [-0.4, -0.2) is 48.6 Å². The minimum atomic E-state index is -0.552. The van der Waals surface area contributed by atoms with Gasteiger partial charge in [0, 0.05) is 19.8 Å². The van der Waals surface area contributed by atoms with E-state index in [1.165, 1.54) is 49.7 Å². The predicted molar refractivity (Wildman–Crippen MR) is 170 cm³/mol. The van der Waals surface area contributed by atoms with E-state index in [1.54, 1.807) is 5.57 Å². The van der Waals surface area contributed by atoms with Gasteiger partial charge in [-0.25, -0.2) is 0 Å². The maximum absolute atomic E-state index is 12.0. The van der Waals surface area contributed by atoms with Crippen LogP contribution >= 0.6 is 0 Å². The zero-order valence-corrected chi connectivity index (χ0v) is 27.2. The molecule has 5 nitrogen and oxygen atoms in total. The molecule has 41 heavy (non-hydrogen) atoms. The van der Waals surface area contributed by atoms with Gasteiger partial charge in [0.25, 0.3) is 0 Å². The van der Waals surface area contributed by atoms with E-state index in [2.05, 4.69) is 37.9 Å². The number of hydrogen-bond donors (Lipinski definition) is 2. The molecule has 0 aromatic carbocycles. The minimum Gasteiger partial charge on any atom is -0.390 e. The predicted octanol–water partition coefficient (Wildman–Crippen LogP) is 8.08. The Morgan fingerprint density at radius 3 is 2.71 bits per heavy atom. The third-order valence-electron chi connectivity index (χ3n) is 10.3. The minimum absolute atomic E-state index is 0.0389. The highest BCUT2D eigenvalue weighted by molar-refractivity contribution is 5.76. The van der Waals surface area contributed by atoms with E-state index < -0.39 is 5.60 Å². The number of carbonyl (C=O) groups excluding carboxylic acids is 1. The van der Waals surface area contributed by atoms with E-state index in [0.29, 0.717) is 43.4 Å². The van der Waals surface area contributed by atoms with Crippen molar-refractivity contribution < 1.29 is 19.4 Å². The van der Waals surface area contributed by atoms with E-state index in [-0.39, 0.29) is 18.1 Å². The van der Waals surface area contributed by atoms with Crippen LogP contribution in [0.1, 0.15) is 125 Å². The molecule has 0 spiro atoms. The molecular formula is C36H61NO4. The molecule has 1 unspecified atom stereocenters. The van der Waals surface area contributed by atoms with Crippen molar-refractivity contribution >= 4 is 5.91 Å².